The minimum atomic E-state index is -3.41. The van der Waals surface area contributed by atoms with Crippen LogP contribution in [0.4, 0.5) is 0 Å². The first-order valence-corrected chi connectivity index (χ1v) is 5.92. The molecule has 0 aliphatic rings. The van der Waals surface area contributed by atoms with Crippen molar-refractivity contribution in [3.8, 4) is 0 Å². The van der Waals surface area contributed by atoms with Crippen LogP contribution < -0.4 is 0 Å². The molecule has 0 radical (unpaired) electrons. The van der Waals surface area contributed by atoms with Gasteiger partial charge in [0, 0.05) is 25.7 Å². The lowest BCUT2D eigenvalue weighted by Crippen LogP contribution is -2.28. The van der Waals surface area contributed by atoms with Crippen LogP contribution in [0.3, 0.4) is 0 Å². The van der Waals surface area contributed by atoms with Gasteiger partial charge in [0.05, 0.1) is 5.52 Å². The number of hydrogen-bond donors (Lipinski definition) is 0. The highest BCUT2D eigenvalue weighted by Gasteiger charge is 2.17. The van der Waals surface area contributed by atoms with E-state index in [0.717, 1.165) is 5.39 Å². The molecule has 4 nitrogen and oxygen atoms in total. The second-order valence-corrected chi connectivity index (χ2v) is 5.48. The van der Waals surface area contributed by atoms with Gasteiger partial charge < -0.3 is 0 Å². The lowest BCUT2D eigenvalue weighted by Gasteiger charge is -2.12. The first-order valence-electron chi connectivity index (χ1n) is 4.52. The molecule has 0 N–H and O–H groups in total. The van der Waals surface area contributed by atoms with Gasteiger partial charge in [-0.3, -0.25) is 0 Å². The van der Waals surface area contributed by atoms with E-state index in [-0.39, 0.29) is 12.4 Å². The first-order chi connectivity index (χ1) is 7.03. The van der Waals surface area contributed by atoms with E-state index in [9.17, 15) is 8.42 Å². The van der Waals surface area contributed by atoms with Crippen molar-refractivity contribution < 1.29 is 8.42 Å². The molecule has 0 bridgehead atoms. The second kappa shape index (κ2) is 4.45. The van der Waals surface area contributed by atoms with Crippen LogP contribution in [0.25, 0.3) is 10.9 Å². The Kier molecular flexibility index (Phi) is 3.62. The third-order valence-electron chi connectivity index (χ3n) is 2.27. The van der Waals surface area contributed by atoms with E-state index in [0.29, 0.717) is 5.52 Å². The largest absolute Gasteiger partial charge is 0.307 e. The lowest BCUT2D eigenvalue weighted by molar-refractivity contribution is 0.512. The Morgan fingerprint density at radius 3 is 2.38 bits per heavy atom. The van der Waals surface area contributed by atoms with Gasteiger partial charge in [0.1, 0.15) is 0 Å². The van der Waals surface area contributed by atoms with Crippen molar-refractivity contribution >= 4 is 33.5 Å². The van der Waals surface area contributed by atoms with Crippen LogP contribution in [-0.4, -0.2) is 30.8 Å². The molecule has 0 atom stereocenters. The normalized spacial score (nSPS) is 11.7. The summed E-state index contributed by atoms with van der Waals surface area (Å²) in [6.07, 6.45) is 1.57. The molecule has 0 saturated carbocycles. The van der Waals surface area contributed by atoms with Crippen molar-refractivity contribution in [1.29, 1.82) is 0 Å². The van der Waals surface area contributed by atoms with Crippen LogP contribution in [0, 0.1) is 0 Å². The lowest BCUT2D eigenvalue weighted by atomic mass is 10.3. The third kappa shape index (κ3) is 1.93. The second-order valence-electron chi connectivity index (χ2n) is 3.46. The number of benzene rings is 1. The number of nitrogens with zero attached hydrogens (tertiary/aromatic N) is 2. The fraction of sp³-hybridized carbons (Fsp3) is 0.200. The predicted molar refractivity (Wildman–Crippen MR) is 67.2 cm³/mol. The Labute approximate surface area is 101 Å². The van der Waals surface area contributed by atoms with E-state index < -0.39 is 10.2 Å². The van der Waals surface area contributed by atoms with Crippen LogP contribution in [0.5, 0.6) is 0 Å². The van der Waals surface area contributed by atoms with Gasteiger partial charge in [-0.2, -0.15) is 12.7 Å². The van der Waals surface area contributed by atoms with Gasteiger partial charge in [-0.15, -0.1) is 12.4 Å². The maximum atomic E-state index is 11.9. The topological polar surface area (TPSA) is 42.3 Å². The maximum absolute atomic E-state index is 11.9. The monoisotopic (exact) mass is 260 g/mol. The van der Waals surface area contributed by atoms with Crippen molar-refractivity contribution in [2.75, 3.05) is 14.1 Å². The smallest absolute Gasteiger partial charge is 0.232 e. The van der Waals surface area contributed by atoms with Crippen molar-refractivity contribution in [2.45, 2.75) is 0 Å². The van der Waals surface area contributed by atoms with Crippen LogP contribution >= 0.6 is 12.4 Å². The molecule has 0 amide bonds. The molecule has 16 heavy (non-hydrogen) atoms. The average Bonchev–Trinajstić information content (AvgIpc) is 2.61. The minimum absolute atomic E-state index is 0. The third-order valence-corrected chi connectivity index (χ3v) is 4.01. The standard InChI is InChI=1S/C10H12N2O2S.ClH/c1-11(2)15(13,14)12-8-7-9-5-3-4-6-10(9)12;/h3-8H,1-2H3;1H. The van der Waals surface area contributed by atoms with Gasteiger partial charge in [-0.25, -0.2) is 3.97 Å². The molecular weight excluding hydrogens is 248 g/mol. The van der Waals surface area contributed by atoms with Crippen molar-refractivity contribution in [3.63, 3.8) is 0 Å². The van der Waals surface area contributed by atoms with Crippen LogP contribution in [0.2, 0.25) is 0 Å². The predicted octanol–water partition coefficient (Wildman–Crippen LogP) is 1.72. The molecule has 88 valence electrons. The van der Waals surface area contributed by atoms with Crippen LogP contribution in [0.15, 0.2) is 36.5 Å². The number of fused-ring (bicyclic) bond motifs is 1. The summed E-state index contributed by atoms with van der Waals surface area (Å²) < 4.78 is 26.3. The van der Waals surface area contributed by atoms with Gasteiger partial charge in [0.2, 0.25) is 0 Å². The van der Waals surface area contributed by atoms with Crippen LogP contribution in [-0.2, 0) is 10.2 Å². The molecule has 0 spiro atoms. The van der Waals surface area contributed by atoms with Crippen LogP contribution in [0.1, 0.15) is 0 Å². The molecule has 0 unspecified atom stereocenters. The Balaban J connectivity index is 0.00000128. The van der Waals surface area contributed by atoms with Gasteiger partial charge in [0.25, 0.3) is 0 Å². The maximum Gasteiger partial charge on any atom is 0.307 e. The minimum Gasteiger partial charge on any atom is -0.232 e. The summed E-state index contributed by atoms with van der Waals surface area (Å²) in [5.41, 5.74) is 0.700. The molecule has 2 rings (SSSR count). The van der Waals surface area contributed by atoms with Gasteiger partial charge in [0.15, 0.2) is 0 Å². The number of rotatable bonds is 2. The summed E-state index contributed by atoms with van der Waals surface area (Å²) in [5.74, 6) is 0. The van der Waals surface area contributed by atoms with Gasteiger partial charge >= 0.3 is 10.2 Å². The van der Waals surface area contributed by atoms with Gasteiger partial charge in [-0.05, 0) is 12.1 Å². The molecule has 0 saturated heterocycles. The van der Waals surface area contributed by atoms with E-state index in [1.807, 2.05) is 18.2 Å². The first kappa shape index (κ1) is 13.0. The molecular formula is C10H13ClN2O2S. The van der Waals surface area contributed by atoms with Crippen molar-refractivity contribution in [2.24, 2.45) is 0 Å². The van der Waals surface area contributed by atoms with E-state index >= 15 is 0 Å². The Morgan fingerprint density at radius 1 is 1.12 bits per heavy atom. The molecule has 0 aliphatic carbocycles. The van der Waals surface area contributed by atoms with Crippen molar-refractivity contribution in [1.82, 2.24) is 8.28 Å². The van der Waals surface area contributed by atoms with E-state index in [1.165, 1.54) is 22.4 Å². The molecule has 6 heteroatoms. The Hall–Kier alpha value is -1.04. The molecule has 1 aromatic carbocycles. The summed E-state index contributed by atoms with van der Waals surface area (Å²) in [6.45, 7) is 0. The molecule has 2 aromatic rings. The molecule has 1 heterocycles. The quantitative estimate of drug-likeness (QED) is 0.825. The summed E-state index contributed by atoms with van der Waals surface area (Å²) in [5, 5.41) is 0.919. The summed E-state index contributed by atoms with van der Waals surface area (Å²) >= 11 is 0. The SMILES string of the molecule is CN(C)S(=O)(=O)n1ccc2ccccc21.Cl. The molecule has 0 fully saturated rings. The van der Waals surface area contributed by atoms with Gasteiger partial charge in [-0.1, -0.05) is 18.2 Å². The fourth-order valence-electron chi connectivity index (χ4n) is 1.43. The molecule has 0 aliphatic heterocycles. The zero-order valence-electron chi connectivity index (χ0n) is 8.99. The zero-order chi connectivity index (χ0) is 11.1. The number of halogens is 1. The molecule has 1 aromatic heterocycles. The summed E-state index contributed by atoms with van der Waals surface area (Å²) in [4.78, 5) is 0. The fourth-order valence-corrected chi connectivity index (χ4v) is 2.42. The number of aromatic nitrogens is 1. The van der Waals surface area contributed by atoms with E-state index in [4.69, 9.17) is 0 Å². The number of hydrogen-bond acceptors (Lipinski definition) is 2. The average molecular weight is 261 g/mol. The Bertz CT molecular complexity index is 590. The Morgan fingerprint density at radius 2 is 1.75 bits per heavy atom. The van der Waals surface area contributed by atoms with Crippen molar-refractivity contribution in [3.05, 3.63) is 36.5 Å². The highest BCUT2D eigenvalue weighted by molar-refractivity contribution is 7.87. The van der Waals surface area contributed by atoms with E-state index in [1.54, 1.807) is 18.3 Å². The number of para-hydroxylation sites is 1. The highest BCUT2D eigenvalue weighted by Crippen LogP contribution is 2.17. The summed E-state index contributed by atoms with van der Waals surface area (Å²) in [6, 6.07) is 9.17. The van der Waals surface area contributed by atoms with E-state index in [2.05, 4.69) is 0 Å². The zero-order valence-corrected chi connectivity index (χ0v) is 10.6. The highest BCUT2D eigenvalue weighted by atomic mass is 35.5. The summed E-state index contributed by atoms with van der Waals surface area (Å²) in [7, 11) is -0.374.